The van der Waals surface area contributed by atoms with Gasteiger partial charge in [-0.2, -0.15) is 0 Å². The number of phenols is 1. The number of esters is 1. The van der Waals surface area contributed by atoms with E-state index in [0.29, 0.717) is 5.56 Å². The first kappa shape index (κ1) is 18.7. The molecule has 0 saturated heterocycles. The molecule has 1 fully saturated rings. The number of fused-ring (bicyclic) bond motifs is 3. The molecule has 0 radical (unpaired) electrons. The van der Waals surface area contributed by atoms with Crippen LogP contribution in [-0.2, 0) is 14.9 Å². The SMILES string of the molecule is CC(=O)O[C@H]1CC[C@@]2(C)C(=CC(=O)c3cc(C(C)C)c(O)cc32)C1(C)C. The van der Waals surface area contributed by atoms with E-state index in [1.54, 1.807) is 12.1 Å². The van der Waals surface area contributed by atoms with Crippen LogP contribution in [0, 0.1) is 5.41 Å². The van der Waals surface area contributed by atoms with Crippen molar-refractivity contribution in [2.75, 3.05) is 0 Å². The van der Waals surface area contributed by atoms with Crippen LogP contribution < -0.4 is 0 Å². The number of ether oxygens (including phenoxy) is 1. The lowest BCUT2D eigenvalue weighted by Crippen LogP contribution is -2.49. The third-order valence-electron chi connectivity index (χ3n) is 6.23. The van der Waals surface area contributed by atoms with Crippen LogP contribution in [-0.4, -0.2) is 23.0 Å². The van der Waals surface area contributed by atoms with Crippen molar-refractivity contribution in [2.24, 2.45) is 5.41 Å². The summed E-state index contributed by atoms with van der Waals surface area (Å²) in [5.41, 5.74) is 2.55. The molecule has 0 aliphatic heterocycles. The molecule has 2 atom stereocenters. The van der Waals surface area contributed by atoms with Crippen molar-refractivity contribution in [3.8, 4) is 5.75 Å². The van der Waals surface area contributed by atoms with Crippen LogP contribution in [0.5, 0.6) is 5.75 Å². The number of carbonyl (C=O) groups is 2. The number of phenolic OH excluding ortho intramolecular Hbond substituents is 1. The summed E-state index contributed by atoms with van der Waals surface area (Å²) in [6.45, 7) is 11.6. The predicted molar refractivity (Wildman–Crippen MR) is 101 cm³/mol. The molecule has 1 saturated carbocycles. The van der Waals surface area contributed by atoms with Crippen LogP contribution in [0.2, 0.25) is 0 Å². The van der Waals surface area contributed by atoms with Crippen LogP contribution in [0.1, 0.15) is 81.8 Å². The molecular formula is C22H28O4. The molecule has 2 aliphatic rings. The number of rotatable bonds is 2. The first-order chi connectivity index (χ1) is 12.0. The Kier molecular flexibility index (Phi) is 4.29. The number of aromatic hydroxyl groups is 1. The zero-order chi connectivity index (χ0) is 19.4. The molecule has 0 heterocycles. The molecule has 2 aliphatic carbocycles. The van der Waals surface area contributed by atoms with E-state index in [4.69, 9.17) is 4.74 Å². The molecular weight excluding hydrogens is 328 g/mol. The minimum absolute atomic E-state index is 0.0362. The largest absolute Gasteiger partial charge is 0.508 e. The molecule has 4 nitrogen and oxygen atoms in total. The molecule has 3 rings (SSSR count). The van der Waals surface area contributed by atoms with Crippen molar-refractivity contribution in [3.05, 3.63) is 40.5 Å². The van der Waals surface area contributed by atoms with Crippen molar-refractivity contribution in [1.29, 1.82) is 0 Å². The minimum Gasteiger partial charge on any atom is -0.508 e. The highest BCUT2D eigenvalue weighted by molar-refractivity contribution is 6.08. The number of benzene rings is 1. The second-order valence-corrected chi connectivity index (χ2v) is 8.72. The van der Waals surface area contributed by atoms with Gasteiger partial charge in [0.15, 0.2) is 5.78 Å². The zero-order valence-electron chi connectivity index (χ0n) is 16.5. The molecule has 140 valence electrons. The molecule has 26 heavy (non-hydrogen) atoms. The van der Waals surface area contributed by atoms with Crippen molar-refractivity contribution < 1.29 is 19.4 Å². The van der Waals surface area contributed by atoms with Gasteiger partial charge in [-0.05, 0) is 53.7 Å². The molecule has 1 aromatic rings. The van der Waals surface area contributed by atoms with Crippen LogP contribution in [0.4, 0.5) is 0 Å². The van der Waals surface area contributed by atoms with E-state index in [-0.39, 0.29) is 34.9 Å². The van der Waals surface area contributed by atoms with Crippen molar-refractivity contribution in [1.82, 2.24) is 0 Å². The Morgan fingerprint density at radius 3 is 2.50 bits per heavy atom. The van der Waals surface area contributed by atoms with Crippen LogP contribution in [0.25, 0.3) is 0 Å². The van der Waals surface area contributed by atoms with Crippen LogP contribution >= 0.6 is 0 Å². The summed E-state index contributed by atoms with van der Waals surface area (Å²) in [7, 11) is 0. The van der Waals surface area contributed by atoms with E-state index in [0.717, 1.165) is 29.5 Å². The minimum atomic E-state index is -0.446. The molecule has 4 heteroatoms. The molecule has 0 bridgehead atoms. The van der Waals surface area contributed by atoms with E-state index in [1.165, 1.54) is 6.92 Å². The van der Waals surface area contributed by atoms with Gasteiger partial charge < -0.3 is 9.84 Å². The van der Waals surface area contributed by atoms with E-state index in [1.807, 2.05) is 33.8 Å². The third-order valence-corrected chi connectivity index (χ3v) is 6.23. The molecule has 1 N–H and O–H groups in total. The van der Waals surface area contributed by atoms with E-state index in [9.17, 15) is 14.7 Å². The van der Waals surface area contributed by atoms with Gasteiger partial charge in [0.05, 0.1) is 0 Å². The van der Waals surface area contributed by atoms with Gasteiger partial charge in [0.2, 0.25) is 0 Å². The summed E-state index contributed by atoms with van der Waals surface area (Å²) in [4.78, 5) is 24.4. The zero-order valence-corrected chi connectivity index (χ0v) is 16.5. The van der Waals surface area contributed by atoms with Crippen LogP contribution in [0.15, 0.2) is 23.8 Å². The Bertz CT molecular complexity index is 816. The van der Waals surface area contributed by atoms with Gasteiger partial charge in [0, 0.05) is 23.3 Å². The number of hydrogen-bond acceptors (Lipinski definition) is 4. The number of carbonyl (C=O) groups excluding carboxylic acids is 2. The van der Waals surface area contributed by atoms with Crippen molar-refractivity contribution >= 4 is 11.8 Å². The summed E-state index contributed by atoms with van der Waals surface area (Å²) in [5.74, 6) is 0.0522. The Balaban J connectivity index is 2.15. The highest BCUT2D eigenvalue weighted by atomic mass is 16.5. The number of allylic oxidation sites excluding steroid dienone is 1. The van der Waals surface area contributed by atoms with Gasteiger partial charge in [-0.25, -0.2) is 0 Å². The molecule has 0 amide bonds. The third kappa shape index (κ3) is 2.67. The van der Waals surface area contributed by atoms with Gasteiger partial charge >= 0.3 is 5.97 Å². The van der Waals surface area contributed by atoms with Gasteiger partial charge in [-0.1, -0.05) is 34.6 Å². The highest BCUT2D eigenvalue weighted by Gasteiger charge is 2.52. The summed E-state index contributed by atoms with van der Waals surface area (Å²) in [6, 6.07) is 3.62. The maximum Gasteiger partial charge on any atom is 0.302 e. The fourth-order valence-electron chi connectivity index (χ4n) is 4.77. The molecule has 0 unspecified atom stereocenters. The average Bonchev–Trinajstić information content (AvgIpc) is 2.52. The summed E-state index contributed by atoms with van der Waals surface area (Å²) in [5, 5.41) is 10.5. The normalized spacial score (nSPS) is 26.8. The standard InChI is InChI=1S/C22H28O4/c1-12(2)14-9-15-16(10-17(14)24)22(6)8-7-20(26-13(3)23)21(4,5)19(22)11-18(15)25/h9-12,20,24H,7-8H2,1-6H3/t20-,22+/m0/s1. The fourth-order valence-corrected chi connectivity index (χ4v) is 4.77. The average molecular weight is 356 g/mol. The lowest BCUT2D eigenvalue weighted by molar-refractivity contribution is -0.153. The predicted octanol–water partition coefficient (Wildman–Crippen LogP) is 4.65. The van der Waals surface area contributed by atoms with Crippen LogP contribution in [0.3, 0.4) is 0 Å². The van der Waals surface area contributed by atoms with E-state index < -0.39 is 5.41 Å². The summed E-state index contributed by atoms with van der Waals surface area (Å²) >= 11 is 0. The maximum absolute atomic E-state index is 12.9. The topological polar surface area (TPSA) is 63.6 Å². The summed E-state index contributed by atoms with van der Waals surface area (Å²) < 4.78 is 5.56. The Labute approximate surface area is 155 Å². The van der Waals surface area contributed by atoms with Gasteiger partial charge in [-0.15, -0.1) is 0 Å². The lowest BCUT2D eigenvalue weighted by atomic mass is 9.54. The van der Waals surface area contributed by atoms with E-state index in [2.05, 4.69) is 6.92 Å². The number of ketones is 1. The van der Waals surface area contributed by atoms with Gasteiger partial charge in [0.1, 0.15) is 11.9 Å². The first-order valence-corrected chi connectivity index (χ1v) is 9.30. The van der Waals surface area contributed by atoms with Gasteiger partial charge in [0.25, 0.3) is 0 Å². The molecule has 0 spiro atoms. The second kappa shape index (κ2) is 5.97. The van der Waals surface area contributed by atoms with Gasteiger partial charge in [-0.3, -0.25) is 9.59 Å². The fraction of sp³-hybridized carbons (Fsp3) is 0.545. The first-order valence-electron chi connectivity index (χ1n) is 9.30. The number of hydrogen-bond donors (Lipinski definition) is 1. The van der Waals surface area contributed by atoms with Crippen molar-refractivity contribution in [2.45, 2.75) is 71.8 Å². The summed E-state index contributed by atoms with van der Waals surface area (Å²) in [6.07, 6.45) is 2.97. The Morgan fingerprint density at radius 2 is 1.92 bits per heavy atom. The smallest absolute Gasteiger partial charge is 0.302 e. The van der Waals surface area contributed by atoms with Crippen molar-refractivity contribution in [3.63, 3.8) is 0 Å². The molecule has 1 aromatic carbocycles. The van der Waals surface area contributed by atoms with E-state index >= 15 is 0 Å². The highest BCUT2D eigenvalue weighted by Crippen LogP contribution is 2.56. The lowest BCUT2D eigenvalue weighted by Gasteiger charge is -2.51. The maximum atomic E-state index is 12.9. The second-order valence-electron chi connectivity index (χ2n) is 8.72. The quantitative estimate of drug-likeness (QED) is 0.784. The monoisotopic (exact) mass is 356 g/mol. The Hall–Kier alpha value is -2.10. The molecule has 0 aromatic heterocycles. The Morgan fingerprint density at radius 1 is 1.27 bits per heavy atom.